The number of hydrogen-bond donors (Lipinski definition) is 6. The number of carboxylic acid groups (broad SMARTS) is 1. The number of likely N-dealkylation sites (tertiary alicyclic amines) is 1. The van der Waals surface area contributed by atoms with E-state index in [2.05, 4.69) is 15.6 Å². The van der Waals surface area contributed by atoms with E-state index in [0.29, 0.717) is 25.9 Å². The van der Waals surface area contributed by atoms with Crippen LogP contribution >= 0.6 is 0 Å². The van der Waals surface area contributed by atoms with Crippen molar-refractivity contribution in [1.82, 2.24) is 20.5 Å². The monoisotopic (exact) mass is 598 g/mol. The first kappa shape index (κ1) is 34.9. The summed E-state index contributed by atoms with van der Waals surface area (Å²) < 4.78 is 12.7. The smallest absolute Gasteiger partial charge is 0.290 e. The van der Waals surface area contributed by atoms with Gasteiger partial charge in [0.05, 0.1) is 12.6 Å². The minimum atomic E-state index is -0.765. The van der Waals surface area contributed by atoms with Crippen LogP contribution in [-0.4, -0.2) is 70.4 Å². The number of carbonyl (C=O) groups excluding carboxylic acids is 3. The second-order valence-electron chi connectivity index (χ2n) is 10.4. The van der Waals surface area contributed by atoms with E-state index in [4.69, 9.17) is 21.4 Å². The highest BCUT2D eigenvalue weighted by Crippen LogP contribution is 2.19. The third kappa shape index (κ3) is 10.8. The Balaban J connectivity index is 0.000000377. The number of halogens is 1. The van der Waals surface area contributed by atoms with Gasteiger partial charge in [-0.1, -0.05) is 31.2 Å². The molecule has 0 aliphatic carbocycles. The third-order valence-corrected chi connectivity index (χ3v) is 7.16. The van der Waals surface area contributed by atoms with E-state index in [0.717, 1.165) is 40.4 Å². The molecule has 1 fully saturated rings. The predicted molar refractivity (Wildman–Crippen MR) is 163 cm³/mol. The van der Waals surface area contributed by atoms with Crippen LogP contribution in [0.15, 0.2) is 48.7 Å². The van der Waals surface area contributed by atoms with Gasteiger partial charge in [0.1, 0.15) is 11.9 Å². The van der Waals surface area contributed by atoms with Crippen molar-refractivity contribution in [3.63, 3.8) is 0 Å². The SMILES string of the molecule is CCC(C)NC(=O)C1CCCN1C(=O)CNC(=O)C(N)Cc1cccc(CN)c1.Cc1c[nH]c2ccc(F)cc12.O=CO. The Bertz CT molecular complexity index is 1360. The minimum Gasteiger partial charge on any atom is -0.483 e. The van der Waals surface area contributed by atoms with Gasteiger partial charge < -0.3 is 37.1 Å². The summed E-state index contributed by atoms with van der Waals surface area (Å²) >= 11 is 0. The van der Waals surface area contributed by atoms with Crippen molar-refractivity contribution in [3.05, 3.63) is 71.2 Å². The highest BCUT2D eigenvalue weighted by atomic mass is 19.1. The lowest BCUT2D eigenvalue weighted by molar-refractivity contribution is -0.139. The summed E-state index contributed by atoms with van der Waals surface area (Å²) in [5.41, 5.74) is 15.6. The molecule has 0 saturated carbocycles. The number of benzene rings is 2. The van der Waals surface area contributed by atoms with Crippen molar-refractivity contribution in [3.8, 4) is 0 Å². The molecule has 1 aromatic heterocycles. The maximum absolute atomic E-state index is 12.7. The first-order valence-electron chi connectivity index (χ1n) is 14.3. The zero-order valence-corrected chi connectivity index (χ0v) is 24.9. The van der Waals surface area contributed by atoms with Crippen LogP contribution in [0.3, 0.4) is 0 Å². The summed E-state index contributed by atoms with van der Waals surface area (Å²) in [6.07, 6.45) is 4.48. The van der Waals surface area contributed by atoms with Gasteiger partial charge in [-0.05, 0) is 74.4 Å². The Morgan fingerprint density at radius 2 is 1.91 bits per heavy atom. The average Bonchev–Trinajstić information content (AvgIpc) is 3.63. The summed E-state index contributed by atoms with van der Waals surface area (Å²) in [4.78, 5) is 50.2. The number of nitrogens with zero attached hydrogens (tertiary/aromatic N) is 1. The lowest BCUT2D eigenvalue weighted by Gasteiger charge is -2.25. The summed E-state index contributed by atoms with van der Waals surface area (Å²) in [7, 11) is 0. The number of amides is 3. The number of nitrogens with one attached hydrogen (secondary N) is 3. The van der Waals surface area contributed by atoms with Crippen LogP contribution in [0.2, 0.25) is 0 Å². The largest absolute Gasteiger partial charge is 0.483 e. The average molecular weight is 599 g/mol. The van der Waals surface area contributed by atoms with Gasteiger partial charge in [-0.3, -0.25) is 19.2 Å². The van der Waals surface area contributed by atoms with Crippen molar-refractivity contribution in [2.45, 2.75) is 71.1 Å². The van der Waals surface area contributed by atoms with Gasteiger partial charge >= 0.3 is 0 Å². The number of fused-ring (bicyclic) bond motifs is 1. The molecule has 3 unspecified atom stereocenters. The fraction of sp³-hybridized carbons (Fsp3) is 0.419. The molecule has 3 atom stereocenters. The summed E-state index contributed by atoms with van der Waals surface area (Å²) in [5.74, 6) is -0.970. The zero-order valence-electron chi connectivity index (χ0n) is 24.9. The molecular formula is C31H43FN6O5. The van der Waals surface area contributed by atoms with Crippen molar-refractivity contribution in [2.75, 3.05) is 13.1 Å². The molecule has 43 heavy (non-hydrogen) atoms. The molecule has 0 spiro atoms. The van der Waals surface area contributed by atoms with Gasteiger partial charge in [0.15, 0.2) is 0 Å². The van der Waals surface area contributed by atoms with Crippen molar-refractivity contribution >= 4 is 35.1 Å². The van der Waals surface area contributed by atoms with Crippen LogP contribution in [0, 0.1) is 12.7 Å². The Morgan fingerprint density at radius 3 is 2.58 bits per heavy atom. The molecule has 1 aliphatic rings. The normalized spacial score (nSPS) is 15.3. The Kier molecular flexibility index (Phi) is 14.3. The summed E-state index contributed by atoms with van der Waals surface area (Å²) in [5, 5.41) is 13.4. The van der Waals surface area contributed by atoms with Gasteiger partial charge in [0.2, 0.25) is 17.7 Å². The first-order valence-corrected chi connectivity index (χ1v) is 14.3. The second kappa shape index (κ2) is 17.6. The quantitative estimate of drug-likeness (QED) is 0.204. The highest BCUT2D eigenvalue weighted by molar-refractivity contribution is 5.91. The fourth-order valence-corrected chi connectivity index (χ4v) is 4.64. The van der Waals surface area contributed by atoms with Crippen molar-refractivity contribution in [1.29, 1.82) is 0 Å². The molecule has 0 radical (unpaired) electrons. The molecule has 3 aromatic rings. The second-order valence-corrected chi connectivity index (χ2v) is 10.4. The van der Waals surface area contributed by atoms with Crippen LogP contribution in [-0.2, 0) is 32.1 Å². The number of nitrogens with two attached hydrogens (primary N) is 2. The lowest BCUT2D eigenvalue weighted by atomic mass is 10.0. The molecule has 3 amide bonds. The third-order valence-electron chi connectivity index (χ3n) is 7.16. The predicted octanol–water partition coefficient (Wildman–Crippen LogP) is 2.35. The van der Waals surface area contributed by atoms with Gasteiger partial charge in [-0.2, -0.15) is 0 Å². The van der Waals surface area contributed by atoms with E-state index in [1.165, 1.54) is 6.07 Å². The first-order chi connectivity index (χ1) is 20.5. The standard InChI is InChI=1S/C21H33N5O3.C9H8FN.CH2O2/c1-3-14(2)25-21(29)18-8-5-9-26(18)19(27)13-24-20(28)17(23)11-15-6-4-7-16(10-15)12-22;1-6-5-11-9-3-2-7(10)4-8(6)9;2-1-3/h4,6-7,10,14,17-18H,3,5,8-9,11-13,22-23H2,1-2H3,(H,24,28)(H,25,29);2-5,11H,1H3;1H,(H,2,3). The topological polar surface area (TPSA) is 184 Å². The van der Waals surface area contributed by atoms with Gasteiger partial charge in [-0.15, -0.1) is 0 Å². The van der Waals surface area contributed by atoms with E-state index in [9.17, 15) is 18.8 Å². The number of carbonyl (C=O) groups is 4. The number of aromatic nitrogens is 1. The Labute approximate surface area is 251 Å². The van der Waals surface area contributed by atoms with Gasteiger partial charge in [0, 0.05) is 36.2 Å². The van der Waals surface area contributed by atoms with E-state index in [1.54, 1.807) is 17.0 Å². The molecule has 12 heteroatoms. The van der Waals surface area contributed by atoms with E-state index < -0.39 is 18.0 Å². The zero-order chi connectivity index (χ0) is 31.9. The summed E-state index contributed by atoms with van der Waals surface area (Å²) in [6.45, 7) is 6.41. The summed E-state index contributed by atoms with van der Waals surface area (Å²) in [6, 6.07) is 11.2. The molecule has 1 saturated heterocycles. The maximum Gasteiger partial charge on any atom is 0.290 e. The van der Waals surface area contributed by atoms with Crippen LogP contribution < -0.4 is 22.1 Å². The Hall–Kier alpha value is -4.29. The van der Waals surface area contributed by atoms with Crippen molar-refractivity contribution < 1.29 is 28.7 Å². The van der Waals surface area contributed by atoms with E-state index in [-0.39, 0.29) is 36.7 Å². The van der Waals surface area contributed by atoms with Crippen LogP contribution in [0.5, 0.6) is 0 Å². The Morgan fingerprint density at radius 1 is 1.21 bits per heavy atom. The molecule has 234 valence electrons. The molecule has 11 nitrogen and oxygen atoms in total. The van der Waals surface area contributed by atoms with E-state index >= 15 is 0 Å². The molecule has 8 N–H and O–H groups in total. The molecule has 2 heterocycles. The number of aromatic amines is 1. The van der Waals surface area contributed by atoms with Crippen LogP contribution in [0.4, 0.5) is 4.39 Å². The molecule has 2 aromatic carbocycles. The fourth-order valence-electron chi connectivity index (χ4n) is 4.64. The van der Waals surface area contributed by atoms with Crippen molar-refractivity contribution in [2.24, 2.45) is 11.5 Å². The number of rotatable bonds is 9. The molecule has 4 rings (SSSR count). The molecule has 0 bridgehead atoms. The van der Waals surface area contributed by atoms with Crippen LogP contribution in [0.1, 0.15) is 49.8 Å². The van der Waals surface area contributed by atoms with Crippen LogP contribution in [0.25, 0.3) is 10.9 Å². The maximum atomic E-state index is 12.7. The van der Waals surface area contributed by atoms with Gasteiger partial charge in [-0.25, -0.2) is 4.39 Å². The lowest BCUT2D eigenvalue weighted by Crippen LogP contribution is -2.51. The van der Waals surface area contributed by atoms with E-state index in [1.807, 2.05) is 51.2 Å². The number of H-pyrrole nitrogens is 1. The minimum absolute atomic E-state index is 0.0653. The molecule has 1 aliphatic heterocycles. The number of hydrogen-bond acceptors (Lipinski definition) is 6. The van der Waals surface area contributed by atoms with Gasteiger partial charge in [0.25, 0.3) is 6.47 Å². The highest BCUT2D eigenvalue weighted by Gasteiger charge is 2.34. The molecular weight excluding hydrogens is 555 g/mol. The number of aryl methyl sites for hydroxylation is 1.